The van der Waals surface area contributed by atoms with Gasteiger partial charge in [0.25, 0.3) is 0 Å². The topological polar surface area (TPSA) is 135 Å². The number of aliphatic hydroxyl groups is 1. The van der Waals surface area contributed by atoms with Crippen LogP contribution in [0.2, 0.25) is 0 Å². The third-order valence-electron chi connectivity index (χ3n) is 2.95. The van der Waals surface area contributed by atoms with E-state index in [1.165, 1.54) is 0 Å². The second-order valence-electron chi connectivity index (χ2n) is 5.09. The molecule has 0 radical (unpaired) electrons. The fourth-order valence-electron chi connectivity index (χ4n) is 2.15. The van der Waals surface area contributed by atoms with E-state index in [9.17, 15) is 24.3 Å². The van der Waals surface area contributed by atoms with Crippen LogP contribution in [0.1, 0.15) is 27.7 Å². The Balaban J connectivity index is 3.08. The second kappa shape index (κ2) is 8.60. The fourth-order valence-corrected chi connectivity index (χ4v) is 2.15. The zero-order chi connectivity index (χ0) is 18.4. The first-order valence-corrected chi connectivity index (χ1v) is 7.10. The van der Waals surface area contributed by atoms with Crippen molar-refractivity contribution < 1.29 is 48.0 Å². The summed E-state index contributed by atoms with van der Waals surface area (Å²) in [4.78, 5) is 44.7. The maximum absolute atomic E-state index is 11.3. The lowest BCUT2D eigenvalue weighted by atomic mass is 9.98. The lowest BCUT2D eigenvalue weighted by molar-refractivity contribution is -0.297. The summed E-state index contributed by atoms with van der Waals surface area (Å²) in [7, 11) is 0. The number of ether oxygens (including phenoxy) is 5. The van der Waals surface area contributed by atoms with Crippen molar-refractivity contribution in [3.05, 3.63) is 0 Å². The van der Waals surface area contributed by atoms with Gasteiger partial charge in [0.1, 0.15) is 12.7 Å². The average Bonchev–Trinajstić information content (AvgIpc) is 2.42. The molecule has 1 N–H and O–H groups in total. The third kappa shape index (κ3) is 5.78. The minimum Gasteiger partial charge on any atom is -0.463 e. The van der Waals surface area contributed by atoms with Crippen molar-refractivity contribution >= 4 is 23.9 Å². The number of hydrogen-bond donors (Lipinski definition) is 1. The largest absolute Gasteiger partial charge is 0.463 e. The minimum absolute atomic E-state index is 0.366. The van der Waals surface area contributed by atoms with Crippen LogP contribution in [0.5, 0.6) is 0 Å². The van der Waals surface area contributed by atoms with E-state index < -0.39 is 54.6 Å². The molecule has 0 saturated carbocycles. The number of rotatable bonds is 5. The van der Waals surface area contributed by atoms with E-state index in [1.807, 2.05) is 0 Å². The molecule has 0 spiro atoms. The zero-order valence-corrected chi connectivity index (χ0v) is 13.7. The van der Waals surface area contributed by atoms with E-state index in [2.05, 4.69) is 0 Å². The maximum Gasteiger partial charge on any atom is 0.305 e. The van der Waals surface area contributed by atoms with Crippen LogP contribution < -0.4 is 0 Å². The molecule has 1 heterocycles. The molecule has 24 heavy (non-hydrogen) atoms. The minimum atomic E-state index is -1.60. The van der Waals surface area contributed by atoms with E-state index in [4.69, 9.17) is 23.7 Å². The maximum atomic E-state index is 11.3. The molecular weight excluding hydrogens is 328 g/mol. The van der Waals surface area contributed by atoms with E-state index in [0.717, 1.165) is 27.7 Å². The van der Waals surface area contributed by atoms with E-state index in [-0.39, 0.29) is 6.61 Å². The summed E-state index contributed by atoms with van der Waals surface area (Å²) >= 11 is 0. The van der Waals surface area contributed by atoms with Crippen molar-refractivity contribution in [3.63, 3.8) is 0 Å². The quantitative estimate of drug-likeness (QED) is 0.490. The molecule has 3 unspecified atom stereocenters. The highest BCUT2D eigenvalue weighted by Crippen LogP contribution is 2.27. The number of aliphatic hydroxyl groups excluding tert-OH is 1. The average molecular weight is 348 g/mol. The number of carbonyl (C=O) groups is 4. The lowest BCUT2D eigenvalue weighted by Crippen LogP contribution is -2.62. The number of esters is 4. The Morgan fingerprint density at radius 1 is 0.833 bits per heavy atom. The van der Waals surface area contributed by atoms with Crippen LogP contribution in [0.25, 0.3) is 0 Å². The third-order valence-corrected chi connectivity index (χ3v) is 2.95. The van der Waals surface area contributed by atoms with Gasteiger partial charge in [-0.25, -0.2) is 0 Å². The highest BCUT2D eigenvalue weighted by molar-refractivity contribution is 5.68. The summed E-state index contributed by atoms with van der Waals surface area (Å²) in [5, 5.41) is 10.2. The molecule has 0 aromatic rings. The molecule has 1 rings (SSSR count). The molecule has 1 aliphatic rings. The molecule has 1 aliphatic heterocycles. The van der Waals surface area contributed by atoms with Crippen molar-refractivity contribution in [2.75, 3.05) is 6.61 Å². The predicted octanol–water partition coefficient (Wildman–Crippen LogP) is -0.938. The van der Waals surface area contributed by atoms with Crippen LogP contribution in [0.15, 0.2) is 0 Å². The van der Waals surface area contributed by atoms with Crippen molar-refractivity contribution in [3.8, 4) is 0 Å². The smallest absolute Gasteiger partial charge is 0.305 e. The summed E-state index contributed by atoms with van der Waals surface area (Å²) in [6.45, 7) is 4.09. The van der Waals surface area contributed by atoms with Gasteiger partial charge in [0, 0.05) is 27.7 Å². The monoisotopic (exact) mass is 348 g/mol. The standard InChI is InChI=1S/C14H20O10/c1-6(15)20-5-10-12(21-7(2)16)13(22-8(3)17)11(19)14(24-10)23-9(4)18/h10-14,19H,5H2,1-4H3/t10?,11?,12-,13?,14+/m1/s1. The van der Waals surface area contributed by atoms with E-state index in [1.54, 1.807) is 0 Å². The van der Waals surface area contributed by atoms with Crippen molar-refractivity contribution in [2.45, 2.75) is 58.4 Å². The highest BCUT2D eigenvalue weighted by atomic mass is 16.7. The lowest BCUT2D eigenvalue weighted by Gasteiger charge is -2.42. The molecule has 1 saturated heterocycles. The van der Waals surface area contributed by atoms with Gasteiger partial charge < -0.3 is 28.8 Å². The summed E-state index contributed by atoms with van der Waals surface area (Å²) in [5.74, 6) is -2.87. The van der Waals surface area contributed by atoms with Gasteiger partial charge >= 0.3 is 23.9 Å². The highest BCUT2D eigenvalue weighted by Gasteiger charge is 2.51. The normalized spacial score (nSPS) is 29.3. The van der Waals surface area contributed by atoms with Gasteiger partial charge in [0.2, 0.25) is 6.29 Å². The fraction of sp³-hybridized carbons (Fsp3) is 0.714. The molecule has 5 atom stereocenters. The SMILES string of the molecule is CC(=O)OCC1O[C@H](OC(C)=O)C(O)C(OC(C)=O)[C@@H]1OC(C)=O. The Bertz CT molecular complexity index is 486. The van der Waals surface area contributed by atoms with Crippen molar-refractivity contribution in [1.82, 2.24) is 0 Å². The van der Waals surface area contributed by atoms with E-state index in [0.29, 0.717) is 0 Å². The molecule has 0 aromatic heterocycles. The van der Waals surface area contributed by atoms with Crippen LogP contribution in [0, 0.1) is 0 Å². The van der Waals surface area contributed by atoms with Crippen LogP contribution in [-0.2, 0) is 42.9 Å². The molecule has 136 valence electrons. The number of carbonyl (C=O) groups excluding carboxylic acids is 4. The van der Waals surface area contributed by atoms with Gasteiger partial charge in [-0.3, -0.25) is 19.2 Å². The molecule has 10 heteroatoms. The summed E-state index contributed by atoms with van der Waals surface area (Å²) < 4.78 is 25.0. The molecule has 1 fully saturated rings. The van der Waals surface area contributed by atoms with Gasteiger partial charge in [-0.15, -0.1) is 0 Å². The first kappa shape index (κ1) is 19.8. The molecule has 0 bridgehead atoms. The Hall–Kier alpha value is -2.20. The number of hydrogen-bond acceptors (Lipinski definition) is 10. The predicted molar refractivity (Wildman–Crippen MR) is 74.2 cm³/mol. The Kier molecular flexibility index (Phi) is 7.11. The van der Waals surface area contributed by atoms with Crippen LogP contribution in [-0.4, -0.2) is 66.3 Å². The Morgan fingerprint density at radius 2 is 1.33 bits per heavy atom. The van der Waals surface area contributed by atoms with Crippen molar-refractivity contribution in [2.24, 2.45) is 0 Å². The van der Waals surface area contributed by atoms with Crippen molar-refractivity contribution in [1.29, 1.82) is 0 Å². The first-order chi connectivity index (χ1) is 11.1. The molecule has 0 aromatic carbocycles. The summed E-state index contributed by atoms with van der Waals surface area (Å²) in [5.41, 5.74) is 0. The van der Waals surface area contributed by atoms with Gasteiger partial charge in [-0.05, 0) is 0 Å². The van der Waals surface area contributed by atoms with Crippen LogP contribution in [0.4, 0.5) is 0 Å². The summed E-state index contributed by atoms with van der Waals surface area (Å²) in [6.07, 6.45) is -6.83. The Morgan fingerprint density at radius 3 is 1.79 bits per heavy atom. The van der Waals surface area contributed by atoms with Crippen LogP contribution in [0.3, 0.4) is 0 Å². The molecule has 0 amide bonds. The van der Waals surface area contributed by atoms with Gasteiger partial charge in [0.05, 0.1) is 0 Å². The van der Waals surface area contributed by atoms with Gasteiger partial charge in [-0.2, -0.15) is 0 Å². The molecule has 10 nitrogen and oxygen atoms in total. The van der Waals surface area contributed by atoms with Gasteiger partial charge in [-0.1, -0.05) is 0 Å². The Labute approximate surface area is 137 Å². The van der Waals surface area contributed by atoms with E-state index >= 15 is 0 Å². The first-order valence-electron chi connectivity index (χ1n) is 7.10. The molecule has 0 aliphatic carbocycles. The zero-order valence-electron chi connectivity index (χ0n) is 13.7. The van der Waals surface area contributed by atoms with Crippen LogP contribution >= 0.6 is 0 Å². The van der Waals surface area contributed by atoms with Gasteiger partial charge in [0.15, 0.2) is 18.3 Å². The summed E-state index contributed by atoms with van der Waals surface area (Å²) in [6, 6.07) is 0. The molecular formula is C14H20O10. The second-order valence-corrected chi connectivity index (χ2v) is 5.09.